The molecule has 0 N–H and O–H groups in total. The molecule has 100 valence electrons. The van der Waals surface area contributed by atoms with Gasteiger partial charge >= 0.3 is 11.2 Å². The summed E-state index contributed by atoms with van der Waals surface area (Å²) in [5, 5.41) is 0. The van der Waals surface area contributed by atoms with Gasteiger partial charge in [-0.15, -0.1) is 0 Å². The van der Waals surface area contributed by atoms with Crippen LogP contribution >= 0.6 is 0 Å². The van der Waals surface area contributed by atoms with Gasteiger partial charge in [0.1, 0.15) is 6.20 Å². The van der Waals surface area contributed by atoms with Crippen molar-refractivity contribution in [1.29, 1.82) is 0 Å². The zero-order chi connectivity index (χ0) is 13.1. The summed E-state index contributed by atoms with van der Waals surface area (Å²) < 4.78 is 5.76. The molecule has 0 unspecified atom stereocenters. The highest BCUT2D eigenvalue weighted by atomic mass is 35.5. The van der Waals surface area contributed by atoms with Gasteiger partial charge in [0.2, 0.25) is 0 Å². The van der Waals surface area contributed by atoms with Crippen LogP contribution in [0.4, 0.5) is 0 Å². The molecule has 3 aromatic rings. The standard InChI is InChI=1S/C13H11N2O.C2H6.ClH/c1-8-5-11-12(6-9(8)2)16-13-7-14-4-3-10(13)15-11;1-2;/h3-7H,1-2H3;1-2H3;1H/q+1;;/p-1. The first kappa shape index (κ1) is 15.3. The predicted octanol–water partition coefficient (Wildman–Crippen LogP) is 1.30. The van der Waals surface area contributed by atoms with Gasteiger partial charge in [-0.1, -0.05) is 13.8 Å². The van der Waals surface area contributed by atoms with Crippen LogP contribution in [0.1, 0.15) is 25.0 Å². The van der Waals surface area contributed by atoms with Crippen LogP contribution in [0.25, 0.3) is 22.2 Å². The van der Waals surface area contributed by atoms with Crippen LogP contribution < -0.4 is 12.4 Å². The summed E-state index contributed by atoms with van der Waals surface area (Å²) in [7, 11) is 0. The summed E-state index contributed by atoms with van der Waals surface area (Å²) in [5.74, 6) is 0. The average molecular weight is 277 g/mol. The zero-order valence-corrected chi connectivity index (χ0v) is 12.3. The Morgan fingerprint density at radius 1 is 0.947 bits per heavy atom. The Labute approximate surface area is 119 Å². The monoisotopic (exact) mass is 276 g/mol. The third kappa shape index (κ3) is 2.99. The molecule has 0 aliphatic carbocycles. The molecule has 0 bridgehead atoms. The number of rotatable bonds is 0. The van der Waals surface area contributed by atoms with Crippen molar-refractivity contribution in [3.8, 4) is 0 Å². The highest BCUT2D eigenvalue weighted by Gasteiger charge is 2.14. The SMILES string of the molecule is CC.Cc1cc2nc3ccncc3[o+]c2cc1C.[Cl-]. The molecule has 2 aromatic heterocycles. The van der Waals surface area contributed by atoms with Crippen molar-refractivity contribution >= 4 is 22.2 Å². The average Bonchev–Trinajstić information content (AvgIpc) is 2.40. The molecular formula is C15H17ClN2O. The molecule has 0 saturated heterocycles. The minimum atomic E-state index is 0. The van der Waals surface area contributed by atoms with E-state index in [4.69, 9.17) is 4.42 Å². The lowest BCUT2D eigenvalue weighted by Gasteiger charge is -1.97. The molecule has 0 spiro atoms. The molecule has 19 heavy (non-hydrogen) atoms. The van der Waals surface area contributed by atoms with Crippen LogP contribution in [0.3, 0.4) is 0 Å². The quantitative estimate of drug-likeness (QED) is 0.459. The molecule has 0 aliphatic heterocycles. The molecule has 3 rings (SSSR count). The fourth-order valence-corrected chi connectivity index (χ4v) is 1.74. The lowest BCUT2D eigenvalue weighted by Crippen LogP contribution is -3.00. The van der Waals surface area contributed by atoms with Gasteiger partial charge in [0, 0.05) is 12.3 Å². The lowest BCUT2D eigenvalue weighted by atomic mass is 10.1. The summed E-state index contributed by atoms with van der Waals surface area (Å²) >= 11 is 0. The first-order valence-corrected chi connectivity index (χ1v) is 6.19. The Kier molecular flexibility index (Phi) is 5.19. The zero-order valence-electron chi connectivity index (χ0n) is 11.6. The molecular weight excluding hydrogens is 260 g/mol. The summed E-state index contributed by atoms with van der Waals surface area (Å²) in [5.41, 5.74) is 5.69. The van der Waals surface area contributed by atoms with E-state index in [1.165, 1.54) is 11.1 Å². The van der Waals surface area contributed by atoms with E-state index < -0.39 is 0 Å². The number of benzene rings is 1. The fourth-order valence-electron chi connectivity index (χ4n) is 1.74. The van der Waals surface area contributed by atoms with Crippen molar-refractivity contribution in [2.24, 2.45) is 0 Å². The summed E-state index contributed by atoms with van der Waals surface area (Å²) in [6, 6.07) is 5.92. The molecule has 2 heterocycles. The minimum Gasteiger partial charge on any atom is -1.00 e. The molecule has 3 nitrogen and oxygen atoms in total. The van der Waals surface area contributed by atoms with Crippen molar-refractivity contribution in [3.63, 3.8) is 0 Å². The molecule has 0 radical (unpaired) electrons. The topological polar surface area (TPSA) is 37.1 Å². The van der Waals surface area contributed by atoms with Gasteiger partial charge < -0.3 is 12.4 Å². The highest BCUT2D eigenvalue weighted by molar-refractivity contribution is 5.83. The van der Waals surface area contributed by atoms with E-state index >= 15 is 0 Å². The number of aryl methyl sites for hydroxylation is 2. The molecule has 0 atom stereocenters. The molecule has 0 aliphatic rings. The fraction of sp³-hybridized carbons (Fsp3) is 0.267. The first-order valence-electron chi connectivity index (χ1n) is 6.19. The number of pyridine rings is 1. The van der Waals surface area contributed by atoms with E-state index in [0.717, 1.165) is 22.2 Å². The van der Waals surface area contributed by atoms with Crippen LogP contribution in [0, 0.1) is 13.8 Å². The van der Waals surface area contributed by atoms with Gasteiger partial charge in [0.25, 0.3) is 0 Å². The van der Waals surface area contributed by atoms with Crippen molar-refractivity contribution in [2.75, 3.05) is 0 Å². The van der Waals surface area contributed by atoms with E-state index in [0.29, 0.717) is 0 Å². The number of nitrogens with zero attached hydrogens (tertiary/aromatic N) is 2. The maximum atomic E-state index is 5.76. The Hall–Kier alpha value is -1.74. The van der Waals surface area contributed by atoms with Crippen LogP contribution in [0.5, 0.6) is 0 Å². The van der Waals surface area contributed by atoms with E-state index in [9.17, 15) is 0 Å². The Bertz CT molecular complexity index is 638. The van der Waals surface area contributed by atoms with Gasteiger partial charge in [0.15, 0.2) is 11.0 Å². The molecule has 1 aromatic carbocycles. The smallest absolute Gasteiger partial charge is 0.397 e. The summed E-state index contributed by atoms with van der Waals surface area (Å²) in [6.45, 7) is 8.14. The Balaban J connectivity index is 0.000000576. The van der Waals surface area contributed by atoms with Gasteiger partial charge in [-0.25, -0.2) is 9.40 Å². The number of halogens is 1. The van der Waals surface area contributed by atoms with Crippen LogP contribution in [0.15, 0.2) is 35.0 Å². The third-order valence-electron chi connectivity index (χ3n) is 2.80. The van der Waals surface area contributed by atoms with Crippen LogP contribution in [0.2, 0.25) is 0 Å². The number of aromatic nitrogens is 2. The third-order valence-corrected chi connectivity index (χ3v) is 2.80. The van der Waals surface area contributed by atoms with Crippen LogP contribution in [-0.2, 0) is 0 Å². The van der Waals surface area contributed by atoms with Crippen molar-refractivity contribution < 1.29 is 16.8 Å². The van der Waals surface area contributed by atoms with E-state index in [2.05, 4.69) is 23.8 Å². The van der Waals surface area contributed by atoms with Gasteiger partial charge in [-0.05, 0) is 37.1 Å². The predicted molar refractivity (Wildman–Crippen MR) is 74.5 cm³/mol. The number of hydrogen-bond donors (Lipinski definition) is 0. The Morgan fingerprint density at radius 2 is 1.63 bits per heavy atom. The van der Waals surface area contributed by atoms with Gasteiger partial charge in [0.05, 0.1) is 0 Å². The maximum Gasteiger partial charge on any atom is 0.397 e. The van der Waals surface area contributed by atoms with Crippen LogP contribution in [-0.4, -0.2) is 9.97 Å². The normalized spacial score (nSPS) is 9.68. The van der Waals surface area contributed by atoms with E-state index in [-0.39, 0.29) is 12.4 Å². The first-order chi connectivity index (χ1) is 8.74. The maximum absolute atomic E-state index is 5.76. The number of fused-ring (bicyclic) bond motifs is 2. The second-order valence-corrected chi connectivity index (χ2v) is 3.96. The molecule has 0 amide bonds. The van der Waals surface area contributed by atoms with Crippen molar-refractivity contribution in [3.05, 3.63) is 41.7 Å². The van der Waals surface area contributed by atoms with Gasteiger partial charge in [-0.3, -0.25) is 4.98 Å². The van der Waals surface area contributed by atoms with E-state index in [1.807, 2.05) is 32.0 Å². The second kappa shape index (κ2) is 6.43. The molecule has 4 heteroatoms. The van der Waals surface area contributed by atoms with E-state index in [1.54, 1.807) is 12.4 Å². The highest BCUT2D eigenvalue weighted by Crippen LogP contribution is 2.21. The largest absolute Gasteiger partial charge is 1.00 e. The van der Waals surface area contributed by atoms with Crippen molar-refractivity contribution in [2.45, 2.75) is 27.7 Å². The van der Waals surface area contributed by atoms with Gasteiger partial charge in [-0.2, -0.15) is 0 Å². The van der Waals surface area contributed by atoms with Crippen molar-refractivity contribution in [1.82, 2.24) is 9.97 Å². The second-order valence-electron chi connectivity index (χ2n) is 3.96. The lowest BCUT2D eigenvalue weighted by molar-refractivity contribution is -0.00000446. The summed E-state index contributed by atoms with van der Waals surface area (Å²) in [6.07, 6.45) is 3.41. The minimum absolute atomic E-state index is 0. The summed E-state index contributed by atoms with van der Waals surface area (Å²) in [4.78, 5) is 8.57. The molecule has 0 saturated carbocycles. The molecule has 0 fully saturated rings. The number of hydrogen-bond acceptors (Lipinski definition) is 2. The Morgan fingerprint density at radius 3 is 2.37 bits per heavy atom.